The maximum atomic E-state index is 6.02. The van der Waals surface area contributed by atoms with E-state index in [-0.39, 0.29) is 0 Å². The molecule has 1 aromatic heterocycles. The van der Waals surface area contributed by atoms with Crippen LogP contribution in [-0.4, -0.2) is 4.98 Å². The van der Waals surface area contributed by atoms with Gasteiger partial charge in [0.2, 0.25) is 0 Å². The van der Waals surface area contributed by atoms with E-state index in [1.807, 2.05) is 18.3 Å². The second kappa shape index (κ2) is 5.09. The van der Waals surface area contributed by atoms with E-state index in [0.29, 0.717) is 6.04 Å². The number of fused-ring (bicyclic) bond motifs is 1. The Kier molecular flexibility index (Phi) is 3.31. The van der Waals surface area contributed by atoms with Crippen molar-refractivity contribution in [2.75, 3.05) is 0 Å². The number of hydrogen-bond donors (Lipinski definition) is 1. The molecular weight excluding hydrogens is 244 g/mol. The summed E-state index contributed by atoms with van der Waals surface area (Å²) < 4.78 is 0. The summed E-state index contributed by atoms with van der Waals surface area (Å²) >= 11 is 6.02. The molecular formula is C15H15ClN2. The van der Waals surface area contributed by atoms with Crippen molar-refractivity contribution in [3.8, 4) is 0 Å². The molecule has 1 unspecified atom stereocenters. The third-order valence-electron chi connectivity index (χ3n) is 3.46. The van der Waals surface area contributed by atoms with Crippen LogP contribution in [-0.2, 0) is 13.0 Å². The van der Waals surface area contributed by atoms with Crippen LogP contribution in [0.1, 0.15) is 29.2 Å². The van der Waals surface area contributed by atoms with E-state index in [1.165, 1.54) is 16.7 Å². The average Bonchev–Trinajstić information content (AvgIpc) is 2.80. The minimum atomic E-state index is 0.442. The Hall–Kier alpha value is -1.38. The SMILES string of the molecule is Clc1ccc2c(c1)CCC2NCc1cccnc1. The van der Waals surface area contributed by atoms with E-state index in [2.05, 4.69) is 28.5 Å². The topological polar surface area (TPSA) is 24.9 Å². The van der Waals surface area contributed by atoms with Crippen LogP contribution in [0.4, 0.5) is 0 Å². The number of rotatable bonds is 3. The quantitative estimate of drug-likeness (QED) is 0.911. The minimum absolute atomic E-state index is 0.442. The molecule has 2 aromatic rings. The van der Waals surface area contributed by atoms with Crippen molar-refractivity contribution in [3.05, 3.63) is 64.4 Å². The van der Waals surface area contributed by atoms with E-state index in [1.54, 1.807) is 6.20 Å². The zero-order valence-corrected chi connectivity index (χ0v) is 10.8. The van der Waals surface area contributed by atoms with Crippen molar-refractivity contribution in [2.24, 2.45) is 0 Å². The number of nitrogens with one attached hydrogen (secondary N) is 1. The van der Waals surface area contributed by atoms with Crippen molar-refractivity contribution in [2.45, 2.75) is 25.4 Å². The van der Waals surface area contributed by atoms with Gasteiger partial charge in [0.15, 0.2) is 0 Å². The summed E-state index contributed by atoms with van der Waals surface area (Å²) in [5, 5.41) is 4.43. The maximum Gasteiger partial charge on any atom is 0.0408 e. The van der Waals surface area contributed by atoms with Crippen molar-refractivity contribution in [1.29, 1.82) is 0 Å². The molecule has 3 rings (SSSR count). The fourth-order valence-electron chi connectivity index (χ4n) is 2.54. The van der Waals surface area contributed by atoms with Crippen LogP contribution in [0.5, 0.6) is 0 Å². The molecule has 18 heavy (non-hydrogen) atoms. The lowest BCUT2D eigenvalue weighted by Gasteiger charge is -2.14. The normalized spacial score (nSPS) is 17.7. The zero-order chi connectivity index (χ0) is 12.4. The van der Waals surface area contributed by atoms with Gasteiger partial charge in [-0.15, -0.1) is 0 Å². The van der Waals surface area contributed by atoms with Gasteiger partial charge >= 0.3 is 0 Å². The van der Waals surface area contributed by atoms with E-state index in [0.717, 1.165) is 24.4 Å². The van der Waals surface area contributed by atoms with E-state index in [9.17, 15) is 0 Å². The molecule has 0 amide bonds. The molecule has 92 valence electrons. The largest absolute Gasteiger partial charge is 0.306 e. The van der Waals surface area contributed by atoms with E-state index >= 15 is 0 Å². The Morgan fingerprint density at radius 3 is 3.11 bits per heavy atom. The number of nitrogens with zero attached hydrogens (tertiary/aromatic N) is 1. The Morgan fingerprint density at radius 1 is 1.33 bits per heavy atom. The molecule has 0 aliphatic heterocycles. The van der Waals surface area contributed by atoms with Gasteiger partial charge in [0, 0.05) is 30.0 Å². The molecule has 0 saturated carbocycles. The number of pyridine rings is 1. The maximum absolute atomic E-state index is 6.02. The fourth-order valence-corrected chi connectivity index (χ4v) is 2.74. The zero-order valence-electron chi connectivity index (χ0n) is 10.1. The van der Waals surface area contributed by atoms with Crippen molar-refractivity contribution in [3.63, 3.8) is 0 Å². The van der Waals surface area contributed by atoms with Crippen LogP contribution in [0, 0.1) is 0 Å². The van der Waals surface area contributed by atoms with Crippen molar-refractivity contribution in [1.82, 2.24) is 10.3 Å². The van der Waals surface area contributed by atoms with E-state index in [4.69, 9.17) is 11.6 Å². The number of aromatic nitrogens is 1. The molecule has 2 nitrogen and oxygen atoms in total. The van der Waals surface area contributed by atoms with Gasteiger partial charge in [-0.2, -0.15) is 0 Å². The molecule has 0 fully saturated rings. The molecule has 1 aliphatic carbocycles. The van der Waals surface area contributed by atoms with Gasteiger partial charge in [0.25, 0.3) is 0 Å². The lowest BCUT2D eigenvalue weighted by atomic mass is 10.1. The highest BCUT2D eigenvalue weighted by Crippen LogP contribution is 2.32. The van der Waals surface area contributed by atoms with Crippen molar-refractivity contribution >= 4 is 11.6 Å². The summed E-state index contributed by atoms with van der Waals surface area (Å²) in [7, 11) is 0. The lowest BCUT2D eigenvalue weighted by molar-refractivity contribution is 0.529. The summed E-state index contributed by atoms with van der Waals surface area (Å²) in [5.41, 5.74) is 3.99. The summed E-state index contributed by atoms with van der Waals surface area (Å²) in [6.45, 7) is 0.862. The minimum Gasteiger partial charge on any atom is -0.306 e. The van der Waals surface area contributed by atoms with Gasteiger partial charge in [-0.3, -0.25) is 4.98 Å². The Balaban J connectivity index is 1.70. The van der Waals surface area contributed by atoms with Gasteiger partial charge in [-0.05, 0) is 47.7 Å². The van der Waals surface area contributed by atoms with Crippen LogP contribution in [0.2, 0.25) is 5.02 Å². The number of hydrogen-bond acceptors (Lipinski definition) is 2. The summed E-state index contributed by atoms with van der Waals surface area (Å²) in [6.07, 6.45) is 5.97. The summed E-state index contributed by atoms with van der Waals surface area (Å²) in [6, 6.07) is 10.7. The molecule has 1 heterocycles. The van der Waals surface area contributed by atoms with Crippen LogP contribution >= 0.6 is 11.6 Å². The molecule has 0 radical (unpaired) electrons. The predicted molar refractivity (Wildman–Crippen MR) is 73.6 cm³/mol. The molecule has 1 N–H and O–H groups in total. The van der Waals surface area contributed by atoms with Gasteiger partial charge in [-0.1, -0.05) is 23.7 Å². The molecule has 0 spiro atoms. The Morgan fingerprint density at radius 2 is 2.28 bits per heavy atom. The molecule has 0 bridgehead atoms. The highest BCUT2D eigenvalue weighted by molar-refractivity contribution is 6.30. The van der Waals surface area contributed by atoms with Gasteiger partial charge in [0.1, 0.15) is 0 Å². The average molecular weight is 259 g/mol. The molecule has 3 heteroatoms. The first kappa shape index (κ1) is 11.7. The van der Waals surface area contributed by atoms with Crippen LogP contribution in [0.25, 0.3) is 0 Å². The highest BCUT2D eigenvalue weighted by atomic mass is 35.5. The van der Waals surface area contributed by atoms with E-state index < -0.39 is 0 Å². The Labute approximate surface area is 112 Å². The first-order chi connectivity index (χ1) is 8.83. The van der Waals surface area contributed by atoms with Gasteiger partial charge in [-0.25, -0.2) is 0 Å². The monoisotopic (exact) mass is 258 g/mol. The van der Waals surface area contributed by atoms with Crippen molar-refractivity contribution < 1.29 is 0 Å². The molecule has 1 aromatic carbocycles. The predicted octanol–water partition coefficient (Wildman–Crippen LogP) is 3.51. The lowest BCUT2D eigenvalue weighted by Crippen LogP contribution is -2.18. The van der Waals surface area contributed by atoms with Gasteiger partial charge in [0.05, 0.1) is 0 Å². The second-order valence-corrected chi connectivity index (χ2v) is 5.11. The molecule has 1 aliphatic rings. The number of aryl methyl sites for hydroxylation is 1. The van der Waals surface area contributed by atoms with Crippen LogP contribution in [0.15, 0.2) is 42.7 Å². The third kappa shape index (κ3) is 2.40. The molecule has 1 atom stereocenters. The van der Waals surface area contributed by atoms with Crippen LogP contribution in [0.3, 0.4) is 0 Å². The number of halogens is 1. The van der Waals surface area contributed by atoms with Gasteiger partial charge < -0.3 is 5.32 Å². The first-order valence-electron chi connectivity index (χ1n) is 6.23. The smallest absolute Gasteiger partial charge is 0.0408 e. The standard InChI is InChI=1S/C15H15ClN2/c16-13-4-5-14-12(8-13)3-6-15(14)18-10-11-2-1-7-17-9-11/h1-2,4-5,7-9,15,18H,3,6,10H2. The first-order valence-corrected chi connectivity index (χ1v) is 6.61. The third-order valence-corrected chi connectivity index (χ3v) is 3.69. The summed E-state index contributed by atoms with van der Waals surface area (Å²) in [4.78, 5) is 4.13. The summed E-state index contributed by atoms with van der Waals surface area (Å²) in [5.74, 6) is 0. The second-order valence-electron chi connectivity index (χ2n) is 4.68. The fraction of sp³-hybridized carbons (Fsp3) is 0.267. The molecule has 0 saturated heterocycles. The van der Waals surface area contributed by atoms with Crippen LogP contribution < -0.4 is 5.32 Å². The Bertz CT molecular complexity index is 539. The highest BCUT2D eigenvalue weighted by Gasteiger charge is 2.21. The number of benzene rings is 1.